The standard InChI is InChI=1S/C20H12N2O6/c23-13-8-4-7-11-15(13)20(26)12-9-14(24)18(22(27)28)17(16(12)19(11)25)21-10-5-2-1-3-6-10/h1-9,21,23-24H. The number of phenolic OH excluding ortho intramolecular Hbond substituents is 2. The summed E-state index contributed by atoms with van der Waals surface area (Å²) in [7, 11) is 0. The highest BCUT2D eigenvalue weighted by molar-refractivity contribution is 6.31. The van der Waals surface area contributed by atoms with Crippen LogP contribution >= 0.6 is 0 Å². The number of fused-ring (bicyclic) bond motifs is 2. The predicted molar refractivity (Wildman–Crippen MR) is 99.5 cm³/mol. The Morgan fingerprint density at radius 2 is 1.50 bits per heavy atom. The number of carbonyl (C=O) groups excluding carboxylic acids is 2. The number of aromatic hydroxyl groups is 2. The molecule has 0 saturated heterocycles. The topological polar surface area (TPSA) is 130 Å². The van der Waals surface area contributed by atoms with E-state index < -0.39 is 27.9 Å². The molecule has 3 aromatic carbocycles. The molecule has 1 aliphatic rings. The van der Waals surface area contributed by atoms with Gasteiger partial charge < -0.3 is 15.5 Å². The number of nitro groups is 1. The van der Waals surface area contributed by atoms with E-state index in [1.54, 1.807) is 30.3 Å². The van der Waals surface area contributed by atoms with Crippen LogP contribution < -0.4 is 5.32 Å². The van der Waals surface area contributed by atoms with Crippen LogP contribution in [0.2, 0.25) is 0 Å². The number of hydrogen-bond donors (Lipinski definition) is 3. The molecule has 1 aliphatic carbocycles. The van der Waals surface area contributed by atoms with Crippen LogP contribution in [0.25, 0.3) is 0 Å². The quantitative estimate of drug-likeness (QED) is 0.368. The molecule has 0 unspecified atom stereocenters. The summed E-state index contributed by atoms with van der Waals surface area (Å²) in [6.45, 7) is 0. The van der Waals surface area contributed by atoms with Crippen LogP contribution in [0.4, 0.5) is 17.1 Å². The van der Waals surface area contributed by atoms with E-state index in [2.05, 4.69) is 5.32 Å². The summed E-state index contributed by atoms with van der Waals surface area (Å²) in [6.07, 6.45) is 0. The van der Waals surface area contributed by atoms with Gasteiger partial charge in [0.2, 0.25) is 0 Å². The third-order valence-electron chi connectivity index (χ3n) is 4.49. The van der Waals surface area contributed by atoms with Crippen molar-refractivity contribution in [1.29, 1.82) is 0 Å². The van der Waals surface area contributed by atoms with Gasteiger partial charge in [-0.2, -0.15) is 0 Å². The summed E-state index contributed by atoms with van der Waals surface area (Å²) < 4.78 is 0. The Bertz CT molecular complexity index is 1170. The average Bonchev–Trinajstić information content (AvgIpc) is 2.66. The summed E-state index contributed by atoms with van der Waals surface area (Å²) in [6, 6.07) is 13.3. The lowest BCUT2D eigenvalue weighted by Gasteiger charge is -2.21. The smallest absolute Gasteiger partial charge is 0.334 e. The minimum atomic E-state index is -0.823. The van der Waals surface area contributed by atoms with Crippen molar-refractivity contribution < 1.29 is 24.7 Å². The Hall–Kier alpha value is -4.20. The largest absolute Gasteiger partial charge is 0.507 e. The van der Waals surface area contributed by atoms with Gasteiger partial charge in [-0.05, 0) is 24.3 Å². The second kappa shape index (κ2) is 6.20. The lowest BCUT2D eigenvalue weighted by atomic mass is 9.82. The van der Waals surface area contributed by atoms with Gasteiger partial charge >= 0.3 is 5.69 Å². The zero-order chi connectivity index (χ0) is 20.0. The fourth-order valence-electron chi connectivity index (χ4n) is 3.28. The van der Waals surface area contributed by atoms with Crippen LogP contribution in [0.1, 0.15) is 31.8 Å². The van der Waals surface area contributed by atoms with Crippen molar-refractivity contribution in [3.63, 3.8) is 0 Å². The number of nitro benzene ring substituents is 1. The molecule has 0 fully saturated rings. The number of anilines is 2. The average molecular weight is 376 g/mol. The number of phenols is 2. The first-order chi connectivity index (χ1) is 13.4. The Balaban J connectivity index is 2.04. The number of carbonyl (C=O) groups is 2. The third kappa shape index (κ3) is 2.47. The van der Waals surface area contributed by atoms with E-state index in [0.29, 0.717) is 5.69 Å². The number of nitrogens with one attached hydrogen (secondary N) is 1. The van der Waals surface area contributed by atoms with Crippen molar-refractivity contribution >= 4 is 28.6 Å². The fourth-order valence-corrected chi connectivity index (χ4v) is 3.28. The van der Waals surface area contributed by atoms with Crippen molar-refractivity contribution in [2.75, 3.05) is 5.32 Å². The summed E-state index contributed by atoms with van der Waals surface area (Å²) in [5, 5.41) is 34.6. The molecular formula is C20H12N2O6. The maximum Gasteiger partial charge on any atom is 0.334 e. The highest BCUT2D eigenvalue weighted by Crippen LogP contribution is 2.45. The van der Waals surface area contributed by atoms with Crippen molar-refractivity contribution in [2.45, 2.75) is 0 Å². The van der Waals surface area contributed by atoms with Gasteiger partial charge in [-0.1, -0.05) is 30.3 Å². The molecule has 4 rings (SSSR count). The first kappa shape index (κ1) is 17.2. The van der Waals surface area contributed by atoms with Gasteiger partial charge in [-0.25, -0.2) is 0 Å². The van der Waals surface area contributed by atoms with Crippen molar-refractivity contribution in [3.05, 3.63) is 87.0 Å². The van der Waals surface area contributed by atoms with Crippen LogP contribution in [0.5, 0.6) is 11.5 Å². The molecule has 28 heavy (non-hydrogen) atoms. The minimum Gasteiger partial charge on any atom is -0.507 e. The molecule has 138 valence electrons. The van der Waals surface area contributed by atoms with E-state index in [0.717, 1.165) is 6.07 Å². The molecule has 0 bridgehead atoms. The normalized spacial score (nSPS) is 12.3. The molecule has 0 spiro atoms. The van der Waals surface area contributed by atoms with Gasteiger partial charge in [0.15, 0.2) is 17.3 Å². The number of ketones is 2. The lowest BCUT2D eigenvalue weighted by molar-refractivity contribution is -0.384. The zero-order valence-electron chi connectivity index (χ0n) is 14.2. The second-order valence-corrected chi connectivity index (χ2v) is 6.15. The number of hydrogen-bond acceptors (Lipinski definition) is 7. The zero-order valence-corrected chi connectivity index (χ0v) is 14.2. The molecule has 8 heteroatoms. The van der Waals surface area contributed by atoms with Crippen molar-refractivity contribution in [1.82, 2.24) is 0 Å². The van der Waals surface area contributed by atoms with Gasteiger partial charge in [-0.15, -0.1) is 0 Å². The summed E-state index contributed by atoms with van der Waals surface area (Å²) in [5.74, 6) is -2.51. The molecule has 8 nitrogen and oxygen atoms in total. The van der Waals surface area contributed by atoms with Crippen LogP contribution in [0.3, 0.4) is 0 Å². The number of rotatable bonds is 3. The van der Waals surface area contributed by atoms with Gasteiger partial charge in [-0.3, -0.25) is 19.7 Å². The molecular weight excluding hydrogens is 364 g/mol. The molecule has 0 aromatic heterocycles. The van der Waals surface area contributed by atoms with E-state index in [9.17, 15) is 29.9 Å². The molecule has 0 heterocycles. The molecule has 0 radical (unpaired) electrons. The summed E-state index contributed by atoms with van der Waals surface area (Å²) in [4.78, 5) is 36.7. The van der Waals surface area contributed by atoms with Gasteiger partial charge in [0.1, 0.15) is 11.4 Å². The van der Waals surface area contributed by atoms with E-state index >= 15 is 0 Å². The SMILES string of the molecule is O=C1c2cc(O)c([N+](=O)[O-])c(Nc3ccccc3)c2C(=O)c2cccc(O)c21. The van der Waals surface area contributed by atoms with Gasteiger partial charge in [0.25, 0.3) is 0 Å². The summed E-state index contributed by atoms with van der Waals surface area (Å²) in [5.41, 5.74) is -1.27. The molecule has 0 aliphatic heterocycles. The van der Waals surface area contributed by atoms with Crippen LogP contribution in [-0.2, 0) is 0 Å². The predicted octanol–water partition coefficient (Wildman–Crippen LogP) is 3.53. The number of nitrogens with zero attached hydrogens (tertiary/aromatic N) is 1. The Kier molecular flexibility index (Phi) is 3.82. The first-order valence-electron chi connectivity index (χ1n) is 8.18. The van der Waals surface area contributed by atoms with Crippen LogP contribution in [0.15, 0.2) is 54.6 Å². The second-order valence-electron chi connectivity index (χ2n) is 6.15. The molecule has 0 saturated carbocycles. The van der Waals surface area contributed by atoms with E-state index in [-0.39, 0.29) is 33.7 Å². The summed E-state index contributed by atoms with van der Waals surface area (Å²) >= 11 is 0. The molecule has 3 N–H and O–H groups in total. The van der Waals surface area contributed by atoms with Crippen LogP contribution in [0, 0.1) is 10.1 Å². The van der Waals surface area contributed by atoms with Gasteiger partial charge in [0.05, 0.1) is 16.1 Å². The highest BCUT2D eigenvalue weighted by Gasteiger charge is 2.38. The number of para-hydroxylation sites is 1. The monoisotopic (exact) mass is 376 g/mol. The van der Waals surface area contributed by atoms with E-state index in [1.807, 2.05) is 0 Å². The van der Waals surface area contributed by atoms with E-state index in [4.69, 9.17) is 0 Å². The fraction of sp³-hybridized carbons (Fsp3) is 0. The Morgan fingerprint density at radius 3 is 2.18 bits per heavy atom. The van der Waals surface area contributed by atoms with Gasteiger partial charge in [0, 0.05) is 16.8 Å². The first-order valence-corrected chi connectivity index (χ1v) is 8.18. The maximum atomic E-state index is 13.1. The van der Waals surface area contributed by atoms with Crippen LogP contribution in [-0.4, -0.2) is 26.7 Å². The van der Waals surface area contributed by atoms with Crippen molar-refractivity contribution in [3.8, 4) is 11.5 Å². The maximum absolute atomic E-state index is 13.1. The minimum absolute atomic E-state index is 0.0615. The lowest BCUT2D eigenvalue weighted by Crippen LogP contribution is -2.23. The molecule has 3 aromatic rings. The molecule has 0 amide bonds. The Morgan fingerprint density at radius 1 is 0.821 bits per heavy atom. The van der Waals surface area contributed by atoms with E-state index in [1.165, 1.54) is 18.2 Å². The third-order valence-corrected chi connectivity index (χ3v) is 4.49. The number of benzene rings is 3. The highest BCUT2D eigenvalue weighted by atomic mass is 16.6. The van der Waals surface area contributed by atoms with Crippen molar-refractivity contribution in [2.24, 2.45) is 0 Å². The Labute approximate surface area is 157 Å². The molecule has 0 atom stereocenters.